The van der Waals surface area contributed by atoms with Crippen molar-refractivity contribution >= 4 is 12.1 Å². The molecule has 0 rings (SSSR count). The van der Waals surface area contributed by atoms with Crippen molar-refractivity contribution in [1.82, 2.24) is 5.32 Å². The standard InChI is InChI=1S/C9H15NO5/c1-2-3-4-5-6-15-9(14)10-7(11)8(12)13/h2,7,11H,1,3-6H2,(H,10,14)(H,12,13)/t7-/m0/s1. The number of carbonyl (C=O) groups is 2. The smallest absolute Gasteiger partial charge is 0.409 e. The van der Waals surface area contributed by atoms with Crippen LogP contribution >= 0.6 is 0 Å². The first-order valence-corrected chi connectivity index (χ1v) is 4.53. The number of unbranched alkanes of at least 4 members (excludes halogenated alkanes) is 2. The second kappa shape index (κ2) is 7.81. The van der Waals surface area contributed by atoms with Crippen LogP contribution < -0.4 is 5.32 Å². The molecule has 0 heterocycles. The molecule has 0 spiro atoms. The van der Waals surface area contributed by atoms with Crippen LogP contribution in [0.3, 0.4) is 0 Å². The molecular formula is C9H15NO5. The van der Waals surface area contributed by atoms with Gasteiger partial charge in [0.2, 0.25) is 6.23 Å². The van der Waals surface area contributed by atoms with Crippen molar-refractivity contribution in [2.75, 3.05) is 6.61 Å². The van der Waals surface area contributed by atoms with Gasteiger partial charge in [-0.2, -0.15) is 0 Å². The fraction of sp³-hybridized carbons (Fsp3) is 0.556. The molecule has 6 heteroatoms. The molecule has 0 bridgehead atoms. The third kappa shape index (κ3) is 7.51. The number of carboxylic acid groups (broad SMARTS) is 1. The van der Waals surface area contributed by atoms with E-state index in [1.165, 1.54) is 0 Å². The van der Waals surface area contributed by atoms with Crippen LogP contribution in [0.2, 0.25) is 0 Å². The average molecular weight is 217 g/mol. The number of aliphatic hydroxyl groups is 1. The Morgan fingerprint density at radius 2 is 2.13 bits per heavy atom. The number of carbonyl (C=O) groups excluding carboxylic acids is 1. The quantitative estimate of drug-likeness (QED) is 0.327. The number of alkyl carbamates (subject to hydrolysis) is 1. The number of nitrogens with one attached hydrogen (secondary N) is 1. The molecule has 0 fully saturated rings. The van der Waals surface area contributed by atoms with Gasteiger partial charge < -0.3 is 14.9 Å². The summed E-state index contributed by atoms with van der Waals surface area (Å²) in [5.74, 6) is -1.53. The molecule has 0 aliphatic rings. The van der Waals surface area contributed by atoms with Crippen molar-refractivity contribution in [3.63, 3.8) is 0 Å². The van der Waals surface area contributed by atoms with E-state index in [-0.39, 0.29) is 6.61 Å². The van der Waals surface area contributed by atoms with E-state index in [0.29, 0.717) is 6.42 Å². The Kier molecular flexibility index (Phi) is 7.00. The highest BCUT2D eigenvalue weighted by Crippen LogP contribution is 1.96. The molecule has 1 atom stereocenters. The third-order valence-corrected chi connectivity index (χ3v) is 1.52. The zero-order chi connectivity index (χ0) is 11.7. The van der Waals surface area contributed by atoms with Crippen LogP contribution in [-0.2, 0) is 9.53 Å². The second-order valence-electron chi connectivity index (χ2n) is 2.81. The molecule has 0 aliphatic carbocycles. The van der Waals surface area contributed by atoms with Crippen LogP contribution in [0.15, 0.2) is 12.7 Å². The number of hydrogen-bond donors (Lipinski definition) is 3. The summed E-state index contributed by atoms with van der Waals surface area (Å²) in [6.45, 7) is 3.72. The van der Waals surface area contributed by atoms with Gasteiger partial charge in [0.1, 0.15) is 0 Å². The van der Waals surface area contributed by atoms with E-state index in [1.807, 2.05) is 0 Å². The summed E-state index contributed by atoms with van der Waals surface area (Å²) in [5, 5.41) is 18.7. The van der Waals surface area contributed by atoms with Crippen molar-refractivity contribution in [3.8, 4) is 0 Å². The number of aliphatic hydroxyl groups excluding tert-OH is 1. The lowest BCUT2D eigenvalue weighted by atomic mass is 10.2. The van der Waals surface area contributed by atoms with Gasteiger partial charge in [-0.25, -0.2) is 9.59 Å². The minimum absolute atomic E-state index is 0.187. The maximum atomic E-state index is 10.8. The van der Waals surface area contributed by atoms with Crippen molar-refractivity contribution in [1.29, 1.82) is 0 Å². The predicted octanol–water partition coefficient (Wildman–Crippen LogP) is 0.472. The van der Waals surface area contributed by atoms with Gasteiger partial charge in [0.05, 0.1) is 6.61 Å². The number of carboxylic acids is 1. The first-order chi connectivity index (χ1) is 7.07. The van der Waals surface area contributed by atoms with Crippen molar-refractivity contribution in [2.45, 2.75) is 25.5 Å². The summed E-state index contributed by atoms with van der Waals surface area (Å²) in [4.78, 5) is 20.9. The fourth-order valence-corrected chi connectivity index (χ4v) is 0.771. The normalized spacial score (nSPS) is 11.5. The zero-order valence-corrected chi connectivity index (χ0v) is 8.31. The largest absolute Gasteiger partial charge is 0.478 e. The molecule has 3 N–H and O–H groups in total. The number of amides is 1. The molecule has 0 aromatic heterocycles. The van der Waals surface area contributed by atoms with Gasteiger partial charge in [-0.15, -0.1) is 6.58 Å². The van der Waals surface area contributed by atoms with E-state index in [2.05, 4.69) is 11.3 Å². The third-order valence-electron chi connectivity index (χ3n) is 1.52. The highest BCUT2D eigenvalue weighted by atomic mass is 16.6. The fourth-order valence-electron chi connectivity index (χ4n) is 0.771. The Balaban J connectivity index is 3.49. The predicted molar refractivity (Wildman–Crippen MR) is 52.2 cm³/mol. The number of rotatable bonds is 7. The summed E-state index contributed by atoms with van der Waals surface area (Å²) in [6, 6.07) is 0. The number of aliphatic carboxylic acids is 1. The van der Waals surface area contributed by atoms with Gasteiger partial charge >= 0.3 is 12.1 Å². The number of ether oxygens (including phenoxy) is 1. The number of allylic oxidation sites excluding steroid dienone is 1. The summed E-state index contributed by atoms with van der Waals surface area (Å²) in [7, 11) is 0. The Hall–Kier alpha value is -1.56. The lowest BCUT2D eigenvalue weighted by molar-refractivity contribution is -0.148. The Morgan fingerprint density at radius 1 is 1.47 bits per heavy atom. The molecule has 0 unspecified atom stereocenters. The van der Waals surface area contributed by atoms with Crippen molar-refractivity contribution in [3.05, 3.63) is 12.7 Å². The molecule has 86 valence electrons. The molecule has 0 aromatic carbocycles. The maximum absolute atomic E-state index is 10.8. The first-order valence-electron chi connectivity index (χ1n) is 4.53. The highest BCUT2D eigenvalue weighted by Gasteiger charge is 2.16. The molecule has 0 saturated heterocycles. The van der Waals surface area contributed by atoms with Gasteiger partial charge in [0.25, 0.3) is 0 Å². The van der Waals surface area contributed by atoms with Crippen LogP contribution in [-0.4, -0.2) is 35.1 Å². The molecule has 1 amide bonds. The molecule has 15 heavy (non-hydrogen) atoms. The van der Waals surface area contributed by atoms with Crippen LogP contribution in [0, 0.1) is 0 Å². The Labute approximate surface area is 87.5 Å². The molecule has 0 radical (unpaired) electrons. The molecular weight excluding hydrogens is 202 g/mol. The van der Waals surface area contributed by atoms with E-state index in [4.69, 9.17) is 10.2 Å². The zero-order valence-electron chi connectivity index (χ0n) is 8.31. The van der Waals surface area contributed by atoms with E-state index in [9.17, 15) is 9.59 Å². The van der Waals surface area contributed by atoms with Crippen molar-refractivity contribution in [2.24, 2.45) is 0 Å². The summed E-state index contributed by atoms with van der Waals surface area (Å²) in [5.41, 5.74) is 0. The van der Waals surface area contributed by atoms with Gasteiger partial charge in [-0.05, 0) is 19.3 Å². The Morgan fingerprint density at radius 3 is 2.67 bits per heavy atom. The lowest BCUT2D eigenvalue weighted by Gasteiger charge is -2.08. The van der Waals surface area contributed by atoms with E-state index < -0.39 is 18.3 Å². The first kappa shape index (κ1) is 13.4. The topological polar surface area (TPSA) is 95.9 Å². The monoisotopic (exact) mass is 217 g/mol. The van der Waals surface area contributed by atoms with Gasteiger partial charge in [-0.3, -0.25) is 5.32 Å². The van der Waals surface area contributed by atoms with E-state index in [0.717, 1.165) is 12.8 Å². The van der Waals surface area contributed by atoms with Gasteiger partial charge in [0.15, 0.2) is 0 Å². The number of hydrogen-bond acceptors (Lipinski definition) is 4. The molecule has 0 aliphatic heterocycles. The molecule has 0 aromatic rings. The Bertz CT molecular complexity index is 229. The van der Waals surface area contributed by atoms with E-state index in [1.54, 1.807) is 11.4 Å². The highest BCUT2D eigenvalue weighted by molar-refractivity contribution is 5.78. The molecule has 6 nitrogen and oxygen atoms in total. The minimum Gasteiger partial charge on any atom is -0.478 e. The summed E-state index contributed by atoms with van der Waals surface area (Å²) >= 11 is 0. The average Bonchev–Trinajstić information content (AvgIpc) is 2.17. The van der Waals surface area contributed by atoms with Gasteiger partial charge in [0, 0.05) is 0 Å². The molecule has 0 saturated carbocycles. The lowest BCUT2D eigenvalue weighted by Crippen LogP contribution is -2.40. The van der Waals surface area contributed by atoms with Crippen molar-refractivity contribution < 1.29 is 24.5 Å². The summed E-state index contributed by atoms with van der Waals surface area (Å²) in [6.07, 6.45) is 1.24. The SMILES string of the molecule is C=CCCCCOC(=O)N[C@@H](O)C(=O)O. The van der Waals surface area contributed by atoms with Crippen LogP contribution in [0.5, 0.6) is 0 Å². The second-order valence-corrected chi connectivity index (χ2v) is 2.81. The maximum Gasteiger partial charge on any atom is 0.409 e. The van der Waals surface area contributed by atoms with Crippen LogP contribution in [0.1, 0.15) is 19.3 Å². The van der Waals surface area contributed by atoms with Gasteiger partial charge in [-0.1, -0.05) is 6.08 Å². The van der Waals surface area contributed by atoms with Crippen LogP contribution in [0.4, 0.5) is 4.79 Å². The van der Waals surface area contributed by atoms with Crippen LogP contribution in [0.25, 0.3) is 0 Å². The minimum atomic E-state index is -1.93. The summed E-state index contributed by atoms with van der Waals surface area (Å²) < 4.78 is 4.60. The van der Waals surface area contributed by atoms with E-state index >= 15 is 0 Å².